The molecule has 1 saturated carbocycles. The van der Waals surface area contributed by atoms with Crippen molar-refractivity contribution in [1.82, 2.24) is 4.90 Å². The molecule has 128 valence electrons. The highest BCUT2D eigenvalue weighted by Crippen LogP contribution is 2.32. The van der Waals surface area contributed by atoms with E-state index in [1.54, 1.807) is 0 Å². The summed E-state index contributed by atoms with van der Waals surface area (Å²) in [5.41, 5.74) is 1.26. The van der Waals surface area contributed by atoms with Crippen molar-refractivity contribution in [2.45, 2.75) is 70.3 Å². The third-order valence-corrected chi connectivity index (χ3v) is 5.73. The second kappa shape index (κ2) is 8.27. The Kier molecular flexibility index (Phi) is 6.09. The van der Waals surface area contributed by atoms with E-state index in [4.69, 9.17) is 4.74 Å². The average molecular weight is 317 g/mol. The molecule has 1 aromatic carbocycles. The fourth-order valence-corrected chi connectivity index (χ4v) is 4.27. The molecule has 0 radical (unpaired) electrons. The number of hydrogen-bond donors (Lipinski definition) is 1. The molecule has 2 aliphatic rings. The van der Waals surface area contributed by atoms with Crippen molar-refractivity contribution in [3.63, 3.8) is 0 Å². The van der Waals surface area contributed by atoms with E-state index in [2.05, 4.69) is 36.1 Å². The van der Waals surface area contributed by atoms with E-state index in [1.165, 1.54) is 18.4 Å². The zero-order valence-corrected chi connectivity index (χ0v) is 14.4. The highest BCUT2D eigenvalue weighted by molar-refractivity contribution is 5.13. The topological polar surface area (TPSA) is 32.7 Å². The predicted octanol–water partition coefficient (Wildman–Crippen LogP) is 3.61. The Hall–Kier alpha value is -0.900. The second-order valence-corrected chi connectivity index (χ2v) is 7.23. The molecule has 3 rings (SSSR count). The van der Waals surface area contributed by atoms with Crippen molar-refractivity contribution in [2.24, 2.45) is 5.92 Å². The van der Waals surface area contributed by atoms with Crippen molar-refractivity contribution in [2.75, 3.05) is 13.1 Å². The maximum atomic E-state index is 10.0. The van der Waals surface area contributed by atoms with Crippen LogP contribution in [0.5, 0.6) is 0 Å². The first-order valence-corrected chi connectivity index (χ1v) is 9.34. The van der Waals surface area contributed by atoms with Gasteiger partial charge in [0.15, 0.2) is 0 Å². The Morgan fingerprint density at radius 1 is 1.09 bits per heavy atom. The lowest BCUT2D eigenvalue weighted by molar-refractivity contribution is -0.0354. The van der Waals surface area contributed by atoms with Crippen molar-refractivity contribution in [1.29, 1.82) is 0 Å². The largest absolute Gasteiger partial charge is 0.393 e. The SMILES string of the molecule is CCC1CCC(O)CC1N1CCC(OCc2ccccc2)CC1. The molecule has 1 aliphatic heterocycles. The van der Waals surface area contributed by atoms with Crippen LogP contribution < -0.4 is 0 Å². The summed E-state index contributed by atoms with van der Waals surface area (Å²) in [5.74, 6) is 0.764. The maximum absolute atomic E-state index is 10.0. The highest BCUT2D eigenvalue weighted by atomic mass is 16.5. The van der Waals surface area contributed by atoms with Gasteiger partial charge < -0.3 is 9.84 Å². The Labute approximate surface area is 140 Å². The van der Waals surface area contributed by atoms with E-state index in [-0.39, 0.29) is 6.10 Å². The van der Waals surface area contributed by atoms with Gasteiger partial charge in [-0.3, -0.25) is 4.90 Å². The number of aliphatic hydroxyl groups excluding tert-OH is 1. The van der Waals surface area contributed by atoms with E-state index in [9.17, 15) is 5.11 Å². The van der Waals surface area contributed by atoms with E-state index < -0.39 is 0 Å². The molecule has 0 aromatic heterocycles. The first kappa shape index (κ1) is 16.9. The maximum Gasteiger partial charge on any atom is 0.0720 e. The molecule has 2 fully saturated rings. The lowest BCUT2D eigenvalue weighted by atomic mass is 9.80. The number of hydrogen-bond acceptors (Lipinski definition) is 3. The molecule has 1 aliphatic carbocycles. The van der Waals surface area contributed by atoms with Gasteiger partial charge in [-0.2, -0.15) is 0 Å². The lowest BCUT2D eigenvalue weighted by Gasteiger charge is -2.44. The van der Waals surface area contributed by atoms with Crippen LogP contribution in [-0.4, -0.2) is 41.3 Å². The van der Waals surface area contributed by atoms with Gasteiger partial charge in [0.2, 0.25) is 0 Å². The van der Waals surface area contributed by atoms with Gasteiger partial charge in [-0.05, 0) is 43.6 Å². The van der Waals surface area contributed by atoms with E-state index in [1.807, 2.05) is 6.07 Å². The van der Waals surface area contributed by atoms with Gasteiger partial charge in [0.1, 0.15) is 0 Å². The van der Waals surface area contributed by atoms with Gasteiger partial charge >= 0.3 is 0 Å². The fraction of sp³-hybridized carbons (Fsp3) is 0.700. The zero-order chi connectivity index (χ0) is 16.1. The Balaban J connectivity index is 1.46. The highest BCUT2D eigenvalue weighted by Gasteiger charge is 2.34. The Bertz CT molecular complexity index is 456. The number of piperidine rings is 1. The molecule has 23 heavy (non-hydrogen) atoms. The summed E-state index contributed by atoms with van der Waals surface area (Å²) in [6.07, 6.45) is 6.93. The number of nitrogens with zero attached hydrogens (tertiary/aromatic N) is 1. The summed E-state index contributed by atoms with van der Waals surface area (Å²) in [5, 5.41) is 10.0. The lowest BCUT2D eigenvalue weighted by Crippen LogP contribution is -2.49. The molecule has 3 heteroatoms. The molecular formula is C20H31NO2. The second-order valence-electron chi connectivity index (χ2n) is 7.23. The minimum Gasteiger partial charge on any atom is -0.393 e. The summed E-state index contributed by atoms with van der Waals surface area (Å²) in [6.45, 7) is 5.26. The number of benzene rings is 1. The molecule has 1 heterocycles. The van der Waals surface area contributed by atoms with Crippen LogP contribution >= 0.6 is 0 Å². The normalized spacial score (nSPS) is 30.4. The zero-order valence-electron chi connectivity index (χ0n) is 14.4. The fourth-order valence-electron chi connectivity index (χ4n) is 4.27. The van der Waals surface area contributed by atoms with Crippen LogP contribution in [0.15, 0.2) is 30.3 Å². The van der Waals surface area contributed by atoms with Gasteiger partial charge in [-0.1, -0.05) is 43.7 Å². The van der Waals surface area contributed by atoms with Gasteiger partial charge in [0, 0.05) is 19.1 Å². The standard InChI is InChI=1S/C20H31NO2/c1-2-17-8-9-18(22)14-20(17)21-12-10-19(11-13-21)23-15-16-6-4-3-5-7-16/h3-7,17-20,22H,2,8-15H2,1H3. The first-order chi connectivity index (χ1) is 11.3. The number of likely N-dealkylation sites (tertiary alicyclic amines) is 1. The van der Waals surface area contributed by atoms with Crippen LogP contribution in [0.4, 0.5) is 0 Å². The smallest absolute Gasteiger partial charge is 0.0720 e. The number of ether oxygens (including phenoxy) is 1. The Morgan fingerprint density at radius 2 is 1.83 bits per heavy atom. The quantitative estimate of drug-likeness (QED) is 0.900. The number of rotatable bonds is 5. The molecule has 3 atom stereocenters. The van der Waals surface area contributed by atoms with Crippen molar-refractivity contribution >= 4 is 0 Å². The molecule has 1 saturated heterocycles. The van der Waals surface area contributed by atoms with E-state index in [0.717, 1.165) is 51.3 Å². The van der Waals surface area contributed by atoms with Crippen LogP contribution in [0.3, 0.4) is 0 Å². The van der Waals surface area contributed by atoms with Gasteiger partial charge in [-0.15, -0.1) is 0 Å². The van der Waals surface area contributed by atoms with Crippen LogP contribution in [0.1, 0.15) is 51.0 Å². The van der Waals surface area contributed by atoms with Gasteiger partial charge in [0.05, 0.1) is 18.8 Å². The molecule has 3 unspecified atom stereocenters. The Morgan fingerprint density at radius 3 is 2.52 bits per heavy atom. The molecule has 0 bridgehead atoms. The molecule has 1 N–H and O–H groups in total. The van der Waals surface area contributed by atoms with Crippen molar-refractivity contribution in [3.05, 3.63) is 35.9 Å². The summed E-state index contributed by atoms with van der Waals surface area (Å²) >= 11 is 0. The van der Waals surface area contributed by atoms with E-state index >= 15 is 0 Å². The van der Waals surface area contributed by atoms with Crippen LogP contribution in [0.2, 0.25) is 0 Å². The van der Waals surface area contributed by atoms with Crippen molar-refractivity contribution < 1.29 is 9.84 Å². The molecule has 0 spiro atoms. The molecular weight excluding hydrogens is 286 g/mol. The van der Waals surface area contributed by atoms with Gasteiger partial charge in [0.25, 0.3) is 0 Å². The monoisotopic (exact) mass is 317 g/mol. The minimum absolute atomic E-state index is 0.0881. The van der Waals surface area contributed by atoms with Crippen LogP contribution in [0, 0.1) is 5.92 Å². The van der Waals surface area contributed by atoms with Crippen LogP contribution in [-0.2, 0) is 11.3 Å². The minimum atomic E-state index is -0.0881. The predicted molar refractivity (Wildman–Crippen MR) is 93.3 cm³/mol. The molecule has 0 amide bonds. The third-order valence-electron chi connectivity index (χ3n) is 5.73. The van der Waals surface area contributed by atoms with Gasteiger partial charge in [-0.25, -0.2) is 0 Å². The number of aliphatic hydroxyl groups is 1. The van der Waals surface area contributed by atoms with E-state index in [0.29, 0.717) is 12.1 Å². The summed E-state index contributed by atoms with van der Waals surface area (Å²) < 4.78 is 6.10. The molecule has 3 nitrogen and oxygen atoms in total. The third kappa shape index (κ3) is 4.56. The van der Waals surface area contributed by atoms with Crippen molar-refractivity contribution in [3.8, 4) is 0 Å². The summed E-state index contributed by atoms with van der Waals surface area (Å²) in [7, 11) is 0. The molecule has 1 aromatic rings. The van der Waals surface area contributed by atoms with Crippen LogP contribution in [0.25, 0.3) is 0 Å². The summed E-state index contributed by atoms with van der Waals surface area (Å²) in [4.78, 5) is 2.62. The average Bonchev–Trinajstić information content (AvgIpc) is 2.61. The first-order valence-electron chi connectivity index (χ1n) is 9.34. The summed E-state index contributed by atoms with van der Waals surface area (Å²) in [6, 6.07) is 11.0.